The lowest BCUT2D eigenvalue weighted by molar-refractivity contribution is -0.118. The molecular formula is C7H12BO. The smallest absolute Gasteiger partial charge is 0.132 e. The van der Waals surface area contributed by atoms with E-state index < -0.39 is 0 Å². The summed E-state index contributed by atoms with van der Waals surface area (Å²) in [4.78, 5) is 10.7. The molecule has 1 aliphatic carbocycles. The second-order valence-electron chi connectivity index (χ2n) is 2.45. The van der Waals surface area contributed by atoms with Crippen LogP contribution in [-0.2, 0) is 4.79 Å². The van der Waals surface area contributed by atoms with Crippen LogP contribution < -0.4 is 0 Å². The molecule has 1 aliphatic rings. The topological polar surface area (TPSA) is 17.1 Å². The van der Waals surface area contributed by atoms with Crippen LogP contribution in [0.5, 0.6) is 0 Å². The van der Waals surface area contributed by atoms with Gasteiger partial charge in [0.1, 0.15) is 5.78 Å². The molecule has 2 heteroatoms. The molecular weight excluding hydrogens is 111 g/mol. The Morgan fingerprint density at radius 1 is 0.889 bits per heavy atom. The average Bonchev–Trinajstić information content (AvgIpc) is 1.94. The van der Waals surface area contributed by atoms with Crippen molar-refractivity contribution >= 4 is 14.2 Å². The monoisotopic (exact) mass is 123 g/mol. The van der Waals surface area contributed by atoms with Gasteiger partial charge in [-0.25, -0.2) is 0 Å². The Bertz CT molecular complexity index is 80.9. The first kappa shape index (κ1) is 8.73. The maximum absolute atomic E-state index is 10.7. The summed E-state index contributed by atoms with van der Waals surface area (Å²) in [5.74, 6) is 0.475. The van der Waals surface area contributed by atoms with Crippen molar-refractivity contribution in [2.75, 3.05) is 0 Å². The van der Waals surface area contributed by atoms with E-state index in [1.165, 1.54) is 12.8 Å². The molecule has 0 N–H and O–H groups in total. The summed E-state index contributed by atoms with van der Waals surface area (Å²) < 4.78 is 0. The Labute approximate surface area is 58.4 Å². The van der Waals surface area contributed by atoms with E-state index in [1.54, 1.807) is 0 Å². The quantitative estimate of drug-likeness (QED) is 0.352. The molecule has 1 fully saturated rings. The zero-order chi connectivity index (χ0) is 5.82. The average molecular weight is 123 g/mol. The Hall–Kier alpha value is -0.265. The third-order valence-electron chi connectivity index (χ3n) is 1.66. The number of Topliss-reactive ketones (excluding diaryl/α,β-unsaturated/α-hetero) is 1. The van der Waals surface area contributed by atoms with Gasteiger partial charge in [0, 0.05) is 21.3 Å². The van der Waals surface area contributed by atoms with Crippen molar-refractivity contribution in [2.24, 2.45) is 0 Å². The number of hydrogen-bond acceptors (Lipinski definition) is 1. The molecule has 0 amide bonds. The van der Waals surface area contributed by atoms with Gasteiger partial charge in [-0.2, -0.15) is 0 Å². The van der Waals surface area contributed by atoms with Crippen molar-refractivity contribution in [3.05, 3.63) is 0 Å². The van der Waals surface area contributed by atoms with Crippen LogP contribution >= 0.6 is 0 Å². The molecule has 3 radical (unpaired) electrons. The minimum absolute atomic E-state index is 0. The van der Waals surface area contributed by atoms with Crippen LogP contribution in [0.15, 0.2) is 0 Å². The van der Waals surface area contributed by atoms with Gasteiger partial charge in [0.2, 0.25) is 0 Å². The Morgan fingerprint density at radius 2 is 1.33 bits per heavy atom. The fourth-order valence-corrected chi connectivity index (χ4v) is 1.12. The maximum Gasteiger partial charge on any atom is 0.132 e. The lowest BCUT2D eigenvalue weighted by atomic mass is 10.2. The van der Waals surface area contributed by atoms with Gasteiger partial charge in [0.15, 0.2) is 0 Å². The van der Waals surface area contributed by atoms with Crippen molar-refractivity contribution in [3.8, 4) is 0 Å². The molecule has 49 valence electrons. The largest absolute Gasteiger partial charge is 0.300 e. The molecule has 0 aromatic carbocycles. The molecule has 0 heterocycles. The molecule has 0 aromatic rings. The molecule has 0 aromatic heterocycles. The highest BCUT2D eigenvalue weighted by molar-refractivity contribution is 5.78. The number of ketones is 1. The van der Waals surface area contributed by atoms with E-state index in [0.29, 0.717) is 5.78 Å². The van der Waals surface area contributed by atoms with Gasteiger partial charge in [-0.05, 0) is 12.8 Å². The molecule has 0 saturated heterocycles. The van der Waals surface area contributed by atoms with Crippen molar-refractivity contribution in [3.63, 3.8) is 0 Å². The highest BCUT2D eigenvalue weighted by atomic mass is 16.1. The van der Waals surface area contributed by atoms with Crippen molar-refractivity contribution in [1.82, 2.24) is 0 Å². The SMILES string of the molecule is O=C1CCCCCC1.[B]. The maximum atomic E-state index is 10.7. The van der Waals surface area contributed by atoms with Crippen molar-refractivity contribution in [2.45, 2.75) is 38.5 Å². The molecule has 1 nitrogen and oxygen atoms in total. The van der Waals surface area contributed by atoms with Crippen molar-refractivity contribution < 1.29 is 4.79 Å². The van der Waals surface area contributed by atoms with Crippen molar-refractivity contribution in [1.29, 1.82) is 0 Å². The summed E-state index contributed by atoms with van der Waals surface area (Å²) in [6, 6.07) is 0. The molecule has 1 saturated carbocycles. The van der Waals surface area contributed by atoms with Gasteiger partial charge in [-0.15, -0.1) is 0 Å². The second-order valence-corrected chi connectivity index (χ2v) is 2.45. The lowest BCUT2D eigenvalue weighted by Crippen LogP contribution is -1.91. The molecule has 0 bridgehead atoms. The van der Waals surface area contributed by atoms with Gasteiger partial charge in [-0.3, -0.25) is 4.79 Å². The normalized spacial score (nSPS) is 20.2. The summed E-state index contributed by atoms with van der Waals surface area (Å²) in [6.07, 6.45) is 6.51. The zero-order valence-corrected chi connectivity index (χ0v) is 5.73. The summed E-state index contributed by atoms with van der Waals surface area (Å²) in [6.45, 7) is 0. The van der Waals surface area contributed by atoms with E-state index in [0.717, 1.165) is 25.7 Å². The van der Waals surface area contributed by atoms with Gasteiger partial charge in [0.25, 0.3) is 0 Å². The number of carbonyl (C=O) groups is 1. The minimum atomic E-state index is 0. The summed E-state index contributed by atoms with van der Waals surface area (Å²) >= 11 is 0. The Balaban J connectivity index is 0.000000640. The first-order chi connectivity index (χ1) is 3.89. The zero-order valence-electron chi connectivity index (χ0n) is 5.73. The first-order valence-electron chi connectivity index (χ1n) is 3.41. The highest BCUT2D eigenvalue weighted by Crippen LogP contribution is 2.12. The highest BCUT2D eigenvalue weighted by Gasteiger charge is 2.04. The van der Waals surface area contributed by atoms with Crippen LogP contribution in [0.3, 0.4) is 0 Å². The molecule has 9 heavy (non-hydrogen) atoms. The predicted octanol–water partition coefficient (Wildman–Crippen LogP) is 1.53. The van der Waals surface area contributed by atoms with Crippen LogP contribution in [0, 0.1) is 0 Å². The van der Waals surface area contributed by atoms with E-state index >= 15 is 0 Å². The van der Waals surface area contributed by atoms with Crippen LogP contribution in [0.25, 0.3) is 0 Å². The fraction of sp³-hybridized carbons (Fsp3) is 0.857. The van der Waals surface area contributed by atoms with Gasteiger partial charge in [-0.1, -0.05) is 12.8 Å². The third kappa shape index (κ3) is 3.33. The van der Waals surface area contributed by atoms with E-state index in [9.17, 15) is 4.79 Å². The van der Waals surface area contributed by atoms with Gasteiger partial charge >= 0.3 is 0 Å². The van der Waals surface area contributed by atoms with Crippen LogP contribution in [0.4, 0.5) is 0 Å². The Morgan fingerprint density at radius 3 is 1.78 bits per heavy atom. The van der Waals surface area contributed by atoms with E-state index in [1.807, 2.05) is 0 Å². The molecule has 0 aliphatic heterocycles. The lowest BCUT2D eigenvalue weighted by Gasteiger charge is -1.87. The number of carbonyl (C=O) groups excluding carboxylic acids is 1. The summed E-state index contributed by atoms with van der Waals surface area (Å²) in [5, 5.41) is 0. The van der Waals surface area contributed by atoms with Gasteiger partial charge in [0.05, 0.1) is 0 Å². The molecule has 0 spiro atoms. The number of rotatable bonds is 0. The standard InChI is InChI=1S/C7H12O.B/c8-7-5-3-1-2-4-6-7;/h1-6H2;. The van der Waals surface area contributed by atoms with Crippen LogP contribution in [0.2, 0.25) is 0 Å². The minimum Gasteiger partial charge on any atom is -0.300 e. The fourth-order valence-electron chi connectivity index (χ4n) is 1.12. The van der Waals surface area contributed by atoms with E-state index in [4.69, 9.17) is 0 Å². The number of hydrogen-bond donors (Lipinski definition) is 0. The predicted molar refractivity (Wildman–Crippen MR) is 38.5 cm³/mol. The van der Waals surface area contributed by atoms with Crippen LogP contribution in [-0.4, -0.2) is 14.2 Å². The van der Waals surface area contributed by atoms with E-state index in [-0.39, 0.29) is 8.41 Å². The van der Waals surface area contributed by atoms with Crippen LogP contribution in [0.1, 0.15) is 38.5 Å². The molecule has 0 atom stereocenters. The first-order valence-corrected chi connectivity index (χ1v) is 3.41. The third-order valence-corrected chi connectivity index (χ3v) is 1.66. The van der Waals surface area contributed by atoms with Gasteiger partial charge < -0.3 is 0 Å². The second kappa shape index (κ2) is 4.60. The Kier molecular flexibility index (Phi) is 4.46. The summed E-state index contributed by atoms with van der Waals surface area (Å²) in [7, 11) is 0. The molecule has 0 unspecified atom stereocenters. The van der Waals surface area contributed by atoms with E-state index in [2.05, 4.69) is 0 Å². The molecule has 1 rings (SSSR count). The summed E-state index contributed by atoms with van der Waals surface area (Å²) in [5.41, 5.74) is 0.